The number of hydrogen-bond acceptors (Lipinski definition) is 5. The number of carbonyl (C=O) groups excluding carboxylic acids is 2. The highest BCUT2D eigenvalue weighted by Crippen LogP contribution is 2.45. The Bertz CT molecular complexity index is 1390. The largest absolute Gasteiger partial charge is 0.507 e. The number of carbonyl (C=O) groups is 2. The van der Waals surface area contributed by atoms with Crippen LogP contribution in [0.2, 0.25) is 10.0 Å². The molecule has 0 saturated carbocycles. The van der Waals surface area contributed by atoms with Gasteiger partial charge in [0, 0.05) is 11.8 Å². The summed E-state index contributed by atoms with van der Waals surface area (Å²) in [4.78, 5) is 27.8. The van der Waals surface area contributed by atoms with Gasteiger partial charge in [0.05, 0.1) is 41.4 Å². The molecule has 3 aromatic rings. The average molecular weight is 530 g/mol. The molecular formula is C27H22Cl2FNO5. The Morgan fingerprint density at radius 2 is 1.64 bits per heavy atom. The minimum Gasteiger partial charge on any atom is -0.507 e. The van der Waals surface area contributed by atoms with E-state index < -0.39 is 29.3 Å². The highest BCUT2D eigenvalue weighted by molar-refractivity contribution is 6.52. The van der Waals surface area contributed by atoms with Gasteiger partial charge in [0.2, 0.25) is 0 Å². The van der Waals surface area contributed by atoms with Crippen molar-refractivity contribution in [2.24, 2.45) is 0 Å². The van der Waals surface area contributed by atoms with Gasteiger partial charge >= 0.3 is 0 Å². The fourth-order valence-electron chi connectivity index (χ4n) is 4.17. The van der Waals surface area contributed by atoms with Gasteiger partial charge < -0.3 is 14.6 Å². The number of aliphatic hydroxyl groups excluding tert-OH is 1. The van der Waals surface area contributed by atoms with Crippen LogP contribution in [-0.4, -0.2) is 31.0 Å². The van der Waals surface area contributed by atoms with Crippen LogP contribution in [0.25, 0.3) is 5.76 Å². The van der Waals surface area contributed by atoms with E-state index >= 15 is 0 Å². The topological polar surface area (TPSA) is 76.1 Å². The van der Waals surface area contributed by atoms with Crippen LogP contribution in [0.15, 0.2) is 60.2 Å². The first kappa shape index (κ1) is 25.5. The van der Waals surface area contributed by atoms with Crippen molar-refractivity contribution in [3.05, 3.63) is 92.7 Å². The van der Waals surface area contributed by atoms with Gasteiger partial charge in [-0.05, 0) is 41.8 Å². The maximum Gasteiger partial charge on any atom is 0.300 e. The highest BCUT2D eigenvalue weighted by Gasteiger charge is 2.47. The number of anilines is 1. The van der Waals surface area contributed by atoms with Crippen LogP contribution in [0, 0.1) is 5.82 Å². The lowest BCUT2D eigenvalue weighted by atomic mass is 9.94. The van der Waals surface area contributed by atoms with E-state index in [9.17, 15) is 19.1 Å². The van der Waals surface area contributed by atoms with Gasteiger partial charge in [-0.3, -0.25) is 14.5 Å². The lowest BCUT2D eigenvalue weighted by Gasteiger charge is -2.26. The summed E-state index contributed by atoms with van der Waals surface area (Å²) < 4.78 is 24.5. The second kappa shape index (κ2) is 10.2. The van der Waals surface area contributed by atoms with Crippen LogP contribution in [0.5, 0.6) is 11.5 Å². The fourth-order valence-corrected chi connectivity index (χ4v) is 4.59. The Morgan fingerprint density at radius 1 is 0.972 bits per heavy atom. The van der Waals surface area contributed by atoms with E-state index in [2.05, 4.69) is 0 Å². The van der Waals surface area contributed by atoms with Crippen molar-refractivity contribution in [3.8, 4) is 11.5 Å². The zero-order valence-electron chi connectivity index (χ0n) is 19.6. The molecule has 1 fully saturated rings. The predicted molar refractivity (Wildman–Crippen MR) is 137 cm³/mol. The molecule has 0 spiro atoms. The standard InChI is InChI=1S/C27H22Cl2FNO5/c1-4-14-5-7-15(8-6-14)24-23(25(32)17-12-19(29)22(36-3)13-21(17)35-2)26(33)27(34)31(24)16-9-10-20(30)18(28)11-16/h5-13,24,32H,4H2,1-3H3/b25-23+. The van der Waals surface area contributed by atoms with Crippen molar-refractivity contribution in [3.63, 3.8) is 0 Å². The third kappa shape index (κ3) is 4.40. The molecule has 9 heteroatoms. The Kier molecular flexibility index (Phi) is 7.24. The molecule has 1 unspecified atom stereocenters. The number of aliphatic hydroxyl groups is 1. The first-order chi connectivity index (χ1) is 17.2. The van der Waals surface area contributed by atoms with Gasteiger partial charge in [0.15, 0.2) is 0 Å². The Hall–Kier alpha value is -3.55. The Morgan fingerprint density at radius 3 is 2.22 bits per heavy atom. The second-order valence-electron chi connectivity index (χ2n) is 8.05. The Labute approximate surface area is 217 Å². The Balaban J connectivity index is 1.99. The number of ether oxygens (including phenoxy) is 2. The van der Waals surface area contributed by atoms with Gasteiger partial charge in [0.25, 0.3) is 11.7 Å². The van der Waals surface area contributed by atoms with Gasteiger partial charge in [-0.15, -0.1) is 0 Å². The molecule has 36 heavy (non-hydrogen) atoms. The molecule has 1 N–H and O–H groups in total. The normalized spacial score (nSPS) is 16.9. The molecule has 1 heterocycles. The maximum absolute atomic E-state index is 13.9. The zero-order valence-corrected chi connectivity index (χ0v) is 21.2. The minimum atomic E-state index is -1.02. The number of methoxy groups -OCH3 is 2. The quantitative estimate of drug-likeness (QED) is 0.229. The number of benzene rings is 3. The van der Waals surface area contributed by atoms with E-state index in [0.717, 1.165) is 18.1 Å². The lowest BCUT2D eigenvalue weighted by molar-refractivity contribution is -0.132. The number of hydrogen-bond donors (Lipinski definition) is 1. The first-order valence-electron chi connectivity index (χ1n) is 11.0. The molecule has 0 bridgehead atoms. The molecule has 1 aliphatic rings. The summed E-state index contributed by atoms with van der Waals surface area (Å²) in [5.74, 6) is -2.48. The van der Waals surface area contributed by atoms with Crippen molar-refractivity contribution in [2.75, 3.05) is 19.1 Å². The van der Waals surface area contributed by atoms with Crippen LogP contribution in [-0.2, 0) is 16.0 Å². The maximum atomic E-state index is 13.9. The van der Waals surface area contributed by atoms with E-state index in [0.29, 0.717) is 11.3 Å². The summed E-state index contributed by atoms with van der Waals surface area (Å²) in [5, 5.41) is 11.4. The highest BCUT2D eigenvalue weighted by atomic mass is 35.5. The number of halogens is 3. The van der Waals surface area contributed by atoms with Gasteiger partial charge in [-0.25, -0.2) is 4.39 Å². The fraction of sp³-hybridized carbons (Fsp3) is 0.185. The molecule has 4 rings (SSSR count). The van der Waals surface area contributed by atoms with Crippen molar-refractivity contribution >= 4 is 46.3 Å². The molecule has 1 saturated heterocycles. The second-order valence-corrected chi connectivity index (χ2v) is 8.86. The van der Waals surface area contributed by atoms with Gasteiger partial charge in [-0.2, -0.15) is 0 Å². The number of Topliss-reactive ketones (excluding diaryl/α,β-unsaturated/α-hetero) is 1. The number of aryl methyl sites for hydroxylation is 1. The molecule has 186 valence electrons. The van der Waals surface area contributed by atoms with Gasteiger partial charge in [-0.1, -0.05) is 54.4 Å². The number of nitrogens with zero attached hydrogens (tertiary/aromatic N) is 1. The third-order valence-electron chi connectivity index (χ3n) is 6.06. The number of ketones is 1. The summed E-state index contributed by atoms with van der Waals surface area (Å²) in [6, 6.07) is 12.9. The van der Waals surface area contributed by atoms with Crippen LogP contribution in [0.1, 0.15) is 29.7 Å². The van der Waals surface area contributed by atoms with Crippen molar-refractivity contribution in [1.29, 1.82) is 0 Å². The van der Waals surface area contributed by atoms with E-state index in [-0.39, 0.29) is 32.6 Å². The smallest absolute Gasteiger partial charge is 0.300 e. The van der Waals surface area contributed by atoms with Crippen LogP contribution in [0.4, 0.5) is 10.1 Å². The summed E-state index contributed by atoms with van der Waals surface area (Å²) in [5.41, 5.74) is 1.74. The molecule has 1 amide bonds. The molecular weight excluding hydrogens is 508 g/mol. The minimum absolute atomic E-state index is 0.105. The van der Waals surface area contributed by atoms with Crippen LogP contribution < -0.4 is 14.4 Å². The molecule has 0 radical (unpaired) electrons. The SMILES string of the molecule is CCc1ccc(C2/C(=C(\O)c3cc(Cl)c(OC)cc3OC)C(=O)C(=O)N2c2ccc(F)c(Cl)c2)cc1. The molecule has 1 atom stereocenters. The number of rotatable bonds is 6. The van der Waals surface area contributed by atoms with Crippen molar-refractivity contribution in [1.82, 2.24) is 0 Å². The van der Waals surface area contributed by atoms with E-state index in [4.69, 9.17) is 32.7 Å². The van der Waals surface area contributed by atoms with Crippen LogP contribution >= 0.6 is 23.2 Å². The molecule has 0 aromatic heterocycles. The zero-order chi connectivity index (χ0) is 26.1. The summed E-state index contributed by atoms with van der Waals surface area (Å²) in [6.45, 7) is 2.00. The summed E-state index contributed by atoms with van der Waals surface area (Å²) in [7, 11) is 2.82. The predicted octanol–water partition coefficient (Wildman–Crippen LogP) is 6.34. The van der Waals surface area contributed by atoms with E-state index in [1.54, 1.807) is 12.1 Å². The summed E-state index contributed by atoms with van der Waals surface area (Å²) in [6.07, 6.45) is 0.787. The molecule has 6 nitrogen and oxygen atoms in total. The average Bonchev–Trinajstić information content (AvgIpc) is 3.15. The number of amides is 1. The van der Waals surface area contributed by atoms with Crippen molar-refractivity contribution < 1.29 is 28.6 Å². The molecule has 1 aliphatic heterocycles. The lowest BCUT2D eigenvalue weighted by Crippen LogP contribution is -2.29. The monoisotopic (exact) mass is 529 g/mol. The van der Waals surface area contributed by atoms with Gasteiger partial charge in [0.1, 0.15) is 23.1 Å². The van der Waals surface area contributed by atoms with E-state index in [1.807, 2.05) is 19.1 Å². The van der Waals surface area contributed by atoms with Crippen molar-refractivity contribution in [2.45, 2.75) is 19.4 Å². The molecule has 0 aliphatic carbocycles. The van der Waals surface area contributed by atoms with E-state index in [1.165, 1.54) is 43.4 Å². The summed E-state index contributed by atoms with van der Waals surface area (Å²) >= 11 is 12.3. The third-order valence-corrected chi connectivity index (χ3v) is 6.64. The first-order valence-corrected chi connectivity index (χ1v) is 11.7. The molecule has 3 aromatic carbocycles. The van der Waals surface area contributed by atoms with Crippen LogP contribution in [0.3, 0.4) is 0 Å².